The van der Waals surface area contributed by atoms with Crippen LogP contribution in [0, 0.1) is 11.6 Å². The van der Waals surface area contributed by atoms with Crippen LogP contribution in [0.3, 0.4) is 0 Å². The van der Waals surface area contributed by atoms with Gasteiger partial charge in [-0.2, -0.15) is 10.1 Å². The van der Waals surface area contributed by atoms with Gasteiger partial charge in [0, 0.05) is 5.56 Å². The van der Waals surface area contributed by atoms with Gasteiger partial charge in [0.25, 0.3) is 0 Å². The van der Waals surface area contributed by atoms with E-state index < -0.39 is 29.8 Å². The Balaban J connectivity index is 2.00. The number of hydrazone groups is 1. The minimum absolute atomic E-state index is 0.0427. The summed E-state index contributed by atoms with van der Waals surface area (Å²) in [4.78, 5) is 12.0. The SMILES string of the molecule is NC(=O)N(/N=C(/C=C/c1ccc(F)cc1)c1cccc(F)c1)c1ccc(OC(F)(F)F)cc1. The van der Waals surface area contributed by atoms with Crippen molar-refractivity contribution >= 4 is 23.5 Å². The van der Waals surface area contributed by atoms with E-state index in [2.05, 4.69) is 9.84 Å². The van der Waals surface area contributed by atoms with Crippen molar-refractivity contribution in [1.29, 1.82) is 0 Å². The number of amides is 2. The van der Waals surface area contributed by atoms with Crippen LogP contribution in [-0.2, 0) is 0 Å². The van der Waals surface area contributed by atoms with E-state index in [-0.39, 0.29) is 17.0 Å². The standard InChI is InChI=1S/C23H16F5N3O2/c24-17-7-4-15(5-8-17)6-13-21(16-2-1-3-18(25)14-16)30-31(22(29)32)19-9-11-20(12-10-19)33-23(26,27)28/h1-14H,(H2,29,32)/b13-6+,30-21-. The van der Waals surface area contributed by atoms with Gasteiger partial charge in [-0.3, -0.25) is 0 Å². The Morgan fingerprint density at radius 2 is 1.61 bits per heavy atom. The maximum absolute atomic E-state index is 13.8. The third-order valence-corrected chi connectivity index (χ3v) is 4.16. The summed E-state index contributed by atoms with van der Waals surface area (Å²) < 4.78 is 67.9. The molecule has 3 rings (SSSR count). The number of carbonyl (C=O) groups excluding carboxylic acids is 1. The number of carbonyl (C=O) groups is 1. The molecule has 0 atom stereocenters. The molecule has 0 fully saturated rings. The summed E-state index contributed by atoms with van der Waals surface area (Å²) in [5.74, 6) is -1.49. The highest BCUT2D eigenvalue weighted by Gasteiger charge is 2.31. The van der Waals surface area contributed by atoms with Crippen molar-refractivity contribution in [3.8, 4) is 5.75 Å². The Labute approximate surface area is 185 Å². The number of anilines is 1. The summed E-state index contributed by atoms with van der Waals surface area (Å²) in [6.45, 7) is 0. The fraction of sp³-hybridized carbons (Fsp3) is 0.0435. The number of nitrogens with two attached hydrogens (primary N) is 1. The lowest BCUT2D eigenvalue weighted by Gasteiger charge is -2.17. The molecule has 0 radical (unpaired) electrons. The molecule has 10 heteroatoms. The fourth-order valence-electron chi connectivity index (χ4n) is 2.72. The van der Waals surface area contributed by atoms with Crippen molar-refractivity contribution in [1.82, 2.24) is 0 Å². The summed E-state index contributed by atoms with van der Waals surface area (Å²) in [5, 5.41) is 4.92. The molecular weight excluding hydrogens is 445 g/mol. The highest BCUT2D eigenvalue weighted by atomic mass is 19.4. The molecule has 2 N–H and O–H groups in total. The molecule has 0 saturated heterocycles. The molecule has 3 aromatic carbocycles. The molecule has 0 unspecified atom stereocenters. The first-order chi connectivity index (χ1) is 15.6. The van der Waals surface area contributed by atoms with Gasteiger partial charge in [0.1, 0.15) is 17.4 Å². The van der Waals surface area contributed by atoms with Crippen LogP contribution in [0.25, 0.3) is 6.08 Å². The van der Waals surface area contributed by atoms with Gasteiger partial charge >= 0.3 is 12.4 Å². The van der Waals surface area contributed by atoms with Gasteiger partial charge in [0.15, 0.2) is 0 Å². The van der Waals surface area contributed by atoms with Crippen molar-refractivity contribution in [3.05, 3.63) is 102 Å². The zero-order valence-corrected chi connectivity index (χ0v) is 16.8. The fourth-order valence-corrected chi connectivity index (χ4v) is 2.72. The number of hydrogen-bond donors (Lipinski definition) is 1. The van der Waals surface area contributed by atoms with Gasteiger partial charge in [-0.15, -0.1) is 13.2 Å². The second kappa shape index (κ2) is 9.94. The summed E-state index contributed by atoms with van der Waals surface area (Å²) in [5.41, 5.74) is 6.45. The second-order valence-corrected chi connectivity index (χ2v) is 6.57. The number of allylic oxidation sites excluding steroid dienone is 1. The van der Waals surface area contributed by atoms with Gasteiger partial charge in [0.05, 0.1) is 11.4 Å². The molecule has 3 aromatic rings. The average molecular weight is 461 g/mol. The molecule has 170 valence electrons. The molecule has 0 heterocycles. The highest BCUT2D eigenvalue weighted by Crippen LogP contribution is 2.26. The van der Waals surface area contributed by atoms with Crippen molar-refractivity contribution in [3.63, 3.8) is 0 Å². The van der Waals surface area contributed by atoms with Crippen molar-refractivity contribution in [2.24, 2.45) is 10.8 Å². The third-order valence-electron chi connectivity index (χ3n) is 4.16. The summed E-state index contributed by atoms with van der Waals surface area (Å²) in [6.07, 6.45) is -1.86. The number of halogens is 5. The first-order valence-electron chi connectivity index (χ1n) is 9.34. The number of nitrogens with zero attached hydrogens (tertiary/aromatic N) is 2. The van der Waals surface area contributed by atoms with Crippen LogP contribution in [0.4, 0.5) is 32.4 Å². The number of primary amides is 1. The number of benzene rings is 3. The van der Waals surface area contributed by atoms with Gasteiger partial charge in [-0.25, -0.2) is 13.6 Å². The lowest BCUT2D eigenvalue weighted by Crippen LogP contribution is -2.32. The summed E-state index contributed by atoms with van der Waals surface area (Å²) in [6, 6.07) is 14.1. The Hall–Kier alpha value is -4.21. The molecule has 0 bridgehead atoms. The first-order valence-corrected chi connectivity index (χ1v) is 9.34. The Bertz CT molecular complexity index is 1170. The topological polar surface area (TPSA) is 67.9 Å². The van der Waals surface area contributed by atoms with Crippen molar-refractivity contribution in [2.75, 3.05) is 5.01 Å². The first kappa shape index (κ1) is 23.5. The van der Waals surface area contributed by atoms with Crippen LogP contribution in [0.1, 0.15) is 11.1 Å². The molecule has 0 aromatic heterocycles. The molecule has 5 nitrogen and oxygen atoms in total. The molecular formula is C23H16F5N3O2. The number of rotatable bonds is 6. The zero-order valence-electron chi connectivity index (χ0n) is 16.8. The summed E-state index contributed by atoms with van der Waals surface area (Å²) >= 11 is 0. The van der Waals surface area contributed by atoms with Crippen LogP contribution in [-0.4, -0.2) is 18.1 Å². The van der Waals surface area contributed by atoms with E-state index >= 15 is 0 Å². The van der Waals surface area contributed by atoms with E-state index in [0.29, 0.717) is 5.56 Å². The zero-order chi connectivity index (χ0) is 24.0. The number of urea groups is 1. The monoisotopic (exact) mass is 461 g/mol. The van der Waals surface area contributed by atoms with E-state index in [1.165, 1.54) is 54.6 Å². The highest BCUT2D eigenvalue weighted by molar-refractivity contribution is 6.12. The number of hydrogen-bond acceptors (Lipinski definition) is 3. The van der Waals surface area contributed by atoms with Crippen LogP contribution in [0.15, 0.2) is 84.0 Å². The van der Waals surface area contributed by atoms with Crippen LogP contribution in [0.5, 0.6) is 5.75 Å². The van der Waals surface area contributed by atoms with Gasteiger partial charge in [0.2, 0.25) is 0 Å². The lowest BCUT2D eigenvalue weighted by molar-refractivity contribution is -0.274. The number of ether oxygens (including phenoxy) is 1. The van der Waals surface area contributed by atoms with Gasteiger partial charge in [-0.05, 0) is 60.2 Å². The molecule has 33 heavy (non-hydrogen) atoms. The Kier molecular flexibility index (Phi) is 7.07. The van der Waals surface area contributed by atoms with Gasteiger partial charge in [-0.1, -0.05) is 30.3 Å². The largest absolute Gasteiger partial charge is 0.573 e. The predicted molar refractivity (Wildman–Crippen MR) is 114 cm³/mol. The summed E-state index contributed by atoms with van der Waals surface area (Å²) in [7, 11) is 0. The minimum Gasteiger partial charge on any atom is -0.406 e. The minimum atomic E-state index is -4.88. The van der Waals surface area contributed by atoms with E-state index in [1.54, 1.807) is 6.08 Å². The lowest BCUT2D eigenvalue weighted by atomic mass is 10.1. The molecule has 0 saturated carbocycles. The van der Waals surface area contributed by atoms with Crippen LogP contribution in [0.2, 0.25) is 0 Å². The van der Waals surface area contributed by atoms with E-state index in [9.17, 15) is 26.7 Å². The van der Waals surface area contributed by atoms with E-state index in [4.69, 9.17) is 5.73 Å². The van der Waals surface area contributed by atoms with E-state index in [0.717, 1.165) is 29.3 Å². The van der Waals surface area contributed by atoms with Crippen molar-refractivity contribution < 1.29 is 31.5 Å². The van der Waals surface area contributed by atoms with Gasteiger partial charge < -0.3 is 10.5 Å². The molecule has 0 aliphatic heterocycles. The van der Waals surface area contributed by atoms with Crippen molar-refractivity contribution in [2.45, 2.75) is 6.36 Å². The van der Waals surface area contributed by atoms with E-state index in [1.807, 2.05) is 0 Å². The smallest absolute Gasteiger partial charge is 0.406 e. The number of alkyl halides is 3. The molecule has 2 amide bonds. The average Bonchev–Trinajstić information content (AvgIpc) is 2.74. The maximum atomic E-state index is 13.8. The molecule has 0 aliphatic rings. The quantitative estimate of drug-likeness (QED) is 0.284. The molecule has 0 spiro atoms. The third kappa shape index (κ3) is 6.89. The normalized spacial score (nSPS) is 12.1. The second-order valence-electron chi connectivity index (χ2n) is 6.57. The maximum Gasteiger partial charge on any atom is 0.573 e. The predicted octanol–water partition coefficient (Wildman–Crippen LogP) is 5.87. The van der Waals surface area contributed by atoms with Crippen LogP contribution < -0.4 is 15.5 Å². The molecule has 0 aliphatic carbocycles. The Morgan fingerprint density at radius 3 is 2.18 bits per heavy atom. The Morgan fingerprint density at radius 1 is 0.939 bits per heavy atom. The van der Waals surface area contributed by atoms with Crippen LogP contribution >= 0.6 is 0 Å².